The number of allylic oxidation sites excluding steroid dienone is 1. The van der Waals surface area contributed by atoms with Crippen LogP contribution in [0.25, 0.3) is 0 Å². The molecule has 4 aliphatic rings. The summed E-state index contributed by atoms with van der Waals surface area (Å²) in [4.78, 5) is 0. The van der Waals surface area contributed by atoms with E-state index in [0.717, 1.165) is 18.4 Å². The van der Waals surface area contributed by atoms with E-state index in [1.807, 2.05) is 0 Å². The van der Waals surface area contributed by atoms with Crippen LogP contribution in [0.15, 0.2) is 12.2 Å². The highest BCUT2D eigenvalue weighted by molar-refractivity contribution is 5.84. The van der Waals surface area contributed by atoms with Crippen molar-refractivity contribution in [3.05, 3.63) is 12.2 Å². The van der Waals surface area contributed by atoms with E-state index in [0.29, 0.717) is 17.4 Å². The highest BCUT2D eigenvalue weighted by atomic mass is 16.5. The molecule has 3 fully saturated rings. The zero-order valence-electron chi connectivity index (χ0n) is 13.1. The van der Waals surface area contributed by atoms with Crippen LogP contribution in [0.3, 0.4) is 0 Å². The van der Waals surface area contributed by atoms with Gasteiger partial charge in [-0.3, -0.25) is 0 Å². The standard InChI is InChI=1S/C17H28NO/c1-6-8-15-18(9-7-2)14-11-12-10-13(16(12,3)4)17(14,5)19-15/h6,8,12-14H,7,9-11H2,1-5H3/q+1/b8-6-/t12-,13-,14+,17-/m0/s1. The molecule has 0 aromatic rings. The lowest BCUT2D eigenvalue weighted by molar-refractivity contribution is -0.577. The molecule has 3 saturated carbocycles. The van der Waals surface area contributed by atoms with Crippen molar-refractivity contribution in [1.82, 2.24) is 0 Å². The first kappa shape index (κ1) is 13.2. The number of rotatable bonds is 3. The topological polar surface area (TPSA) is 12.2 Å². The van der Waals surface area contributed by atoms with Crippen molar-refractivity contribution in [2.24, 2.45) is 17.3 Å². The second-order valence-electron chi connectivity index (χ2n) is 7.38. The fraction of sp³-hybridized carbons (Fsp3) is 0.824. The van der Waals surface area contributed by atoms with Crippen molar-refractivity contribution in [3.63, 3.8) is 0 Å². The molecule has 2 nitrogen and oxygen atoms in total. The molecule has 4 rings (SSSR count). The van der Waals surface area contributed by atoms with Crippen molar-refractivity contribution in [1.29, 1.82) is 0 Å². The van der Waals surface area contributed by atoms with Crippen LogP contribution in [-0.2, 0) is 4.74 Å². The van der Waals surface area contributed by atoms with Gasteiger partial charge in [0.15, 0.2) is 11.6 Å². The molecular formula is C17H28NO+. The van der Waals surface area contributed by atoms with Crippen LogP contribution in [0.1, 0.15) is 53.9 Å². The SMILES string of the molecule is C/C=C\C1=[N+](CCC)[C@@H]2C[C@@H]3C[C@@H](C3(C)C)[C@]2(C)O1. The molecule has 0 saturated heterocycles. The Morgan fingerprint density at radius 2 is 2.05 bits per heavy atom. The molecular weight excluding hydrogens is 234 g/mol. The summed E-state index contributed by atoms with van der Waals surface area (Å²) in [6.07, 6.45) is 8.12. The average molecular weight is 262 g/mol. The largest absolute Gasteiger partial charge is 0.431 e. The third kappa shape index (κ3) is 1.58. The Hall–Kier alpha value is -0.790. The Labute approximate surface area is 117 Å². The molecule has 0 amide bonds. The van der Waals surface area contributed by atoms with Crippen LogP contribution in [0, 0.1) is 17.3 Å². The van der Waals surface area contributed by atoms with Crippen molar-refractivity contribution < 1.29 is 9.31 Å². The van der Waals surface area contributed by atoms with E-state index in [9.17, 15) is 0 Å². The van der Waals surface area contributed by atoms with Gasteiger partial charge in [-0.1, -0.05) is 26.8 Å². The van der Waals surface area contributed by atoms with Gasteiger partial charge in [0.1, 0.15) is 6.54 Å². The lowest BCUT2D eigenvalue weighted by Gasteiger charge is -2.62. The molecule has 19 heavy (non-hydrogen) atoms. The smallest absolute Gasteiger partial charge is 0.363 e. The summed E-state index contributed by atoms with van der Waals surface area (Å²) in [5.41, 5.74) is 0.497. The summed E-state index contributed by atoms with van der Waals surface area (Å²) < 4.78 is 9.04. The molecule has 1 aliphatic heterocycles. The Morgan fingerprint density at radius 1 is 1.32 bits per heavy atom. The minimum absolute atomic E-state index is 0.0300. The van der Waals surface area contributed by atoms with E-state index in [1.165, 1.54) is 19.3 Å². The van der Waals surface area contributed by atoms with E-state index in [-0.39, 0.29) is 5.60 Å². The summed E-state index contributed by atoms with van der Waals surface area (Å²) in [6.45, 7) is 12.7. The average Bonchev–Trinajstić information content (AvgIpc) is 2.62. The van der Waals surface area contributed by atoms with E-state index in [1.54, 1.807) is 0 Å². The zero-order valence-corrected chi connectivity index (χ0v) is 13.1. The van der Waals surface area contributed by atoms with Gasteiger partial charge in [-0.2, -0.15) is 4.58 Å². The van der Waals surface area contributed by atoms with Gasteiger partial charge < -0.3 is 4.74 Å². The van der Waals surface area contributed by atoms with Gasteiger partial charge in [0.25, 0.3) is 0 Å². The second kappa shape index (κ2) is 4.10. The summed E-state index contributed by atoms with van der Waals surface area (Å²) in [5, 5.41) is 0. The molecule has 0 N–H and O–H groups in total. The predicted octanol–water partition coefficient (Wildman–Crippen LogP) is 3.61. The molecule has 106 valence electrons. The van der Waals surface area contributed by atoms with Crippen molar-refractivity contribution in [3.8, 4) is 0 Å². The first-order chi connectivity index (χ1) is 8.95. The molecule has 1 heterocycles. The molecule has 0 aromatic heterocycles. The zero-order chi connectivity index (χ0) is 13.8. The first-order valence-corrected chi connectivity index (χ1v) is 7.90. The molecule has 3 aliphatic carbocycles. The van der Waals surface area contributed by atoms with Gasteiger partial charge in [0.2, 0.25) is 0 Å². The third-order valence-electron chi connectivity index (χ3n) is 6.09. The maximum Gasteiger partial charge on any atom is 0.363 e. The van der Waals surface area contributed by atoms with Crippen LogP contribution in [0.4, 0.5) is 0 Å². The highest BCUT2D eigenvalue weighted by Gasteiger charge is 2.71. The summed E-state index contributed by atoms with van der Waals surface area (Å²) in [7, 11) is 0. The Morgan fingerprint density at radius 3 is 2.63 bits per heavy atom. The maximum atomic E-state index is 6.50. The van der Waals surface area contributed by atoms with Crippen LogP contribution in [-0.4, -0.2) is 28.7 Å². The van der Waals surface area contributed by atoms with Gasteiger partial charge >= 0.3 is 5.90 Å². The first-order valence-electron chi connectivity index (χ1n) is 7.90. The fourth-order valence-corrected chi connectivity index (χ4v) is 4.92. The fourth-order valence-electron chi connectivity index (χ4n) is 4.92. The number of ether oxygens (including phenoxy) is 1. The van der Waals surface area contributed by atoms with E-state index in [4.69, 9.17) is 4.74 Å². The molecule has 0 aromatic carbocycles. The maximum absolute atomic E-state index is 6.50. The number of hydrogen-bond acceptors (Lipinski definition) is 1. The summed E-state index contributed by atoms with van der Waals surface area (Å²) in [6, 6.07) is 0.593. The van der Waals surface area contributed by atoms with Crippen LogP contribution in [0.2, 0.25) is 0 Å². The Kier molecular flexibility index (Phi) is 2.85. The molecule has 0 unspecified atom stereocenters. The molecule has 2 bridgehead atoms. The van der Waals surface area contributed by atoms with Crippen molar-refractivity contribution >= 4 is 5.90 Å². The van der Waals surface area contributed by atoms with Crippen LogP contribution >= 0.6 is 0 Å². The summed E-state index contributed by atoms with van der Waals surface area (Å²) in [5.74, 6) is 2.72. The Bertz CT molecular complexity index is 448. The van der Waals surface area contributed by atoms with Gasteiger partial charge in [0.05, 0.1) is 0 Å². The van der Waals surface area contributed by atoms with Gasteiger partial charge in [-0.05, 0) is 31.6 Å². The van der Waals surface area contributed by atoms with E-state index in [2.05, 4.69) is 51.3 Å². The number of nitrogens with zero attached hydrogens (tertiary/aromatic N) is 1. The minimum atomic E-state index is 0.0300. The molecule has 0 spiro atoms. The third-order valence-corrected chi connectivity index (χ3v) is 6.09. The van der Waals surface area contributed by atoms with Gasteiger partial charge in [-0.25, -0.2) is 0 Å². The van der Waals surface area contributed by atoms with Crippen LogP contribution < -0.4 is 0 Å². The normalized spacial score (nSPS) is 43.1. The van der Waals surface area contributed by atoms with Crippen molar-refractivity contribution in [2.45, 2.75) is 65.5 Å². The predicted molar refractivity (Wildman–Crippen MR) is 78.5 cm³/mol. The minimum Gasteiger partial charge on any atom is -0.431 e. The van der Waals surface area contributed by atoms with E-state index < -0.39 is 0 Å². The van der Waals surface area contributed by atoms with E-state index >= 15 is 0 Å². The second-order valence-corrected chi connectivity index (χ2v) is 7.38. The molecule has 4 atom stereocenters. The van der Waals surface area contributed by atoms with Crippen LogP contribution in [0.5, 0.6) is 0 Å². The number of hydrogen-bond donors (Lipinski definition) is 0. The quantitative estimate of drug-likeness (QED) is 0.708. The lowest BCUT2D eigenvalue weighted by Crippen LogP contribution is -2.67. The van der Waals surface area contributed by atoms with Gasteiger partial charge in [0, 0.05) is 24.8 Å². The molecule has 2 heteroatoms. The lowest BCUT2D eigenvalue weighted by atomic mass is 9.43. The van der Waals surface area contributed by atoms with Crippen molar-refractivity contribution in [2.75, 3.05) is 6.54 Å². The monoisotopic (exact) mass is 262 g/mol. The highest BCUT2D eigenvalue weighted by Crippen LogP contribution is 2.65. The molecule has 0 radical (unpaired) electrons. The Balaban J connectivity index is 1.96. The van der Waals surface area contributed by atoms with Gasteiger partial charge in [-0.15, -0.1) is 0 Å². The summed E-state index contributed by atoms with van der Waals surface area (Å²) >= 11 is 0.